The Kier molecular flexibility index (Phi) is 4.65. The van der Waals surface area contributed by atoms with Crippen molar-refractivity contribution in [1.82, 2.24) is 15.2 Å². The maximum absolute atomic E-state index is 12.8. The summed E-state index contributed by atoms with van der Waals surface area (Å²) in [7, 11) is 0. The van der Waals surface area contributed by atoms with E-state index in [1.165, 1.54) is 13.3 Å². The molecule has 1 atom stereocenters. The van der Waals surface area contributed by atoms with Crippen molar-refractivity contribution in [2.75, 3.05) is 13.1 Å². The van der Waals surface area contributed by atoms with Crippen LogP contribution < -0.4 is 5.32 Å². The highest BCUT2D eigenvalue weighted by molar-refractivity contribution is 5.89. The monoisotopic (exact) mass is 313 g/mol. The highest BCUT2D eigenvalue weighted by atomic mass is 16.2. The quantitative estimate of drug-likeness (QED) is 0.909. The highest BCUT2D eigenvalue weighted by Crippen LogP contribution is 2.20. The maximum Gasteiger partial charge on any atom is 0.245 e. The van der Waals surface area contributed by atoms with Gasteiger partial charge in [0, 0.05) is 43.5 Å². The molecule has 1 aliphatic heterocycles. The lowest BCUT2D eigenvalue weighted by molar-refractivity contribution is -0.136. The van der Waals surface area contributed by atoms with Crippen molar-refractivity contribution >= 4 is 22.7 Å². The standard InChI is InChI=1S/C18H23N3O2/c1-13(22)20-17(18(23)21-9-5-2-6-10-21)11-14-12-19-16-8-4-3-7-15(14)16/h3-4,7-8,12,17,19H,2,5-6,9-11H2,1H3,(H,20,22). The van der Waals surface area contributed by atoms with Gasteiger partial charge in [0.05, 0.1) is 0 Å². The molecule has 0 aliphatic carbocycles. The molecule has 2 heterocycles. The summed E-state index contributed by atoms with van der Waals surface area (Å²) in [5.74, 6) is -0.134. The van der Waals surface area contributed by atoms with E-state index < -0.39 is 6.04 Å². The Bertz CT molecular complexity index is 701. The molecule has 2 N–H and O–H groups in total. The number of carbonyl (C=O) groups excluding carboxylic acids is 2. The third-order valence-corrected chi connectivity index (χ3v) is 4.44. The molecule has 0 saturated carbocycles. The molecule has 1 unspecified atom stereocenters. The molecule has 1 saturated heterocycles. The van der Waals surface area contributed by atoms with Gasteiger partial charge in [-0.3, -0.25) is 9.59 Å². The number of amides is 2. The lowest BCUT2D eigenvalue weighted by atomic mass is 10.0. The smallest absolute Gasteiger partial charge is 0.245 e. The summed E-state index contributed by atoms with van der Waals surface area (Å²) in [5, 5.41) is 3.94. The Hall–Kier alpha value is -2.30. The molecule has 1 aliphatic rings. The molecule has 0 spiro atoms. The van der Waals surface area contributed by atoms with Gasteiger partial charge in [-0.05, 0) is 30.9 Å². The Balaban J connectivity index is 1.81. The number of carbonyl (C=O) groups is 2. The molecule has 1 fully saturated rings. The van der Waals surface area contributed by atoms with Crippen LogP contribution in [-0.4, -0.2) is 40.8 Å². The molecule has 5 nitrogen and oxygen atoms in total. The van der Waals surface area contributed by atoms with E-state index in [4.69, 9.17) is 0 Å². The predicted molar refractivity (Wildman–Crippen MR) is 90.0 cm³/mol. The number of hydrogen-bond donors (Lipinski definition) is 2. The Morgan fingerprint density at radius 1 is 1.22 bits per heavy atom. The van der Waals surface area contributed by atoms with Crippen LogP contribution in [0.15, 0.2) is 30.5 Å². The van der Waals surface area contributed by atoms with Crippen molar-refractivity contribution in [3.05, 3.63) is 36.0 Å². The zero-order valence-electron chi connectivity index (χ0n) is 13.5. The normalized spacial score (nSPS) is 16.3. The largest absolute Gasteiger partial charge is 0.361 e. The summed E-state index contributed by atoms with van der Waals surface area (Å²) in [6, 6.07) is 7.52. The van der Waals surface area contributed by atoms with Gasteiger partial charge >= 0.3 is 0 Å². The van der Waals surface area contributed by atoms with E-state index in [1.54, 1.807) is 0 Å². The Labute approximate surface area is 136 Å². The first-order valence-electron chi connectivity index (χ1n) is 8.26. The van der Waals surface area contributed by atoms with Gasteiger partial charge in [-0.25, -0.2) is 0 Å². The summed E-state index contributed by atoms with van der Waals surface area (Å²) in [6.07, 6.45) is 5.72. The van der Waals surface area contributed by atoms with E-state index in [0.717, 1.165) is 42.4 Å². The second-order valence-corrected chi connectivity index (χ2v) is 6.20. The van der Waals surface area contributed by atoms with Gasteiger partial charge in [-0.2, -0.15) is 0 Å². The van der Waals surface area contributed by atoms with Crippen LogP contribution in [-0.2, 0) is 16.0 Å². The highest BCUT2D eigenvalue weighted by Gasteiger charge is 2.27. The summed E-state index contributed by atoms with van der Waals surface area (Å²) in [6.45, 7) is 3.05. The topological polar surface area (TPSA) is 65.2 Å². The fourth-order valence-corrected chi connectivity index (χ4v) is 3.30. The van der Waals surface area contributed by atoms with Gasteiger partial charge in [0.15, 0.2) is 0 Å². The van der Waals surface area contributed by atoms with Crippen molar-refractivity contribution in [2.45, 2.75) is 38.6 Å². The lowest BCUT2D eigenvalue weighted by Gasteiger charge is -2.30. The molecular weight excluding hydrogens is 290 g/mol. The number of piperidine rings is 1. The van der Waals surface area contributed by atoms with Gasteiger partial charge in [-0.15, -0.1) is 0 Å². The molecule has 3 rings (SSSR count). The van der Waals surface area contributed by atoms with E-state index in [2.05, 4.69) is 10.3 Å². The minimum absolute atomic E-state index is 0.0326. The molecule has 122 valence electrons. The zero-order valence-corrected chi connectivity index (χ0v) is 13.5. The van der Waals surface area contributed by atoms with Gasteiger partial charge in [0.2, 0.25) is 11.8 Å². The van der Waals surface area contributed by atoms with Crippen molar-refractivity contribution in [3.63, 3.8) is 0 Å². The maximum atomic E-state index is 12.8. The predicted octanol–water partition coefficient (Wildman–Crippen LogP) is 2.23. The molecule has 5 heteroatoms. The molecule has 2 amide bonds. The van der Waals surface area contributed by atoms with Crippen molar-refractivity contribution in [2.24, 2.45) is 0 Å². The molecule has 1 aromatic carbocycles. The number of para-hydroxylation sites is 1. The molecule has 1 aromatic heterocycles. The zero-order chi connectivity index (χ0) is 16.2. The number of fused-ring (bicyclic) bond motifs is 1. The second kappa shape index (κ2) is 6.86. The van der Waals surface area contributed by atoms with E-state index in [1.807, 2.05) is 35.4 Å². The van der Waals surface area contributed by atoms with E-state index in [9.17, 15) is 9.59 Å². The van der Waals surface area contributed by atoms with Crippen LogP contribution in [0.5, 0.6) is 0 Å². The number of hydrogen-bond acceptors (Lipinski definition) is 2. The van der Waals surface area contributed by atoms with Gasteiger partial charge in [0.25, 0.3) is 0 Å². The van der Waals surface area contributed by atoms with Crippen molar-refractivity contribution < 1.29 is 9.59 Å². The number of benzene rings is 1. The van der Waals surface area contributed by atoms with Crippen LogP contribution in [0.4, 0.5) is 0 Å². The summed E-state index contributed by atoms with van der Waals surface area (Å²) in [4.78, 5) is 29.5. The first-order valence-corrected chi connectivity index (χ1v) is 8.26. The van der Waals surface area contributed by atoms with Crippen molar-refractivity contribution in [1.29, 1.82) is 0 Å². The molecule has 2 aromatic rings. The first kappa shape index (κ1) is 15.6. The third-order valence-electron chi connectivity index (χ3n) is 4.44. The van der Waals surface area contributed by atoms with Crippen LogP contribution in [0.2, 0.25) is 0 Å². The molecule has 0 radical (unpaired) electrons. The number of aromatic nitrogens is 1. The van der Waals surface area contributed by atoms with E-state index in [-0.39, 0.29) is 11.8 Å². The number of rotatable bonds is 4. The Morgan fingerprint density at radius 3 is 2.70 bits per heavy atom. The summed E-state index contributed by atoms with van der Waals surface area (Å²) >= 11 is 0. The van der Waals surface area contributed by atoms with Crippen molar-refractivity contribution in [3.8, 4) is 0 Å². The number of H-pyrrole nitrogens is 1. The fourth-order valence-electron chi connectivity index (χ4n) is 3.30. The van der Waals surface area contributed by atoms with Crippen LogP contribution in [0, 0.1) is 0 Å². The van der Waals surface area contributed by atoms with E-state index >= 15 is 0 Å². The third kappa shape index (κ3) is 3.55. The first-order chi connectivity index (χ1) is 11.1. The number of aromatic amines is 1. The average Bonchev–Trinajstić information content (AvgIpc) is 2.97. The fraction of sp³-hybridized carbons (Fsp3) is 0.444. The average molecular weight is 313 g/mol. The van der Waals surface area contributed by atoms with Gasteiger partial charge in [-0.1, -0.05) is 18.2 Å². The SMILES string of the molecule is CC(=O)NC(Cc1c[nH]c2ccccc12)C(=O)N1CCCCC1. The second-order valence-electron chi connectivity index (χ2n) is 6.20. The van der Waals surface area contributed by atoms with Crippen LogP contribution in [0.25, 0.3) is 10.9 Å². The number of nitrogens with zero attached hydrogens (tertiary/aromatic N) is 1. The number of likely N-dealkylation sites (tertiary alicyclic amines) is 1. The minimum atomic E-state index is -0.496. The van der Waals surface area contributed by atoms with Crippen LogP contribution in [0.3, 0.4) is 0 Å². The van der Waals surface area contributed by atoms with Gasteiger partial charge < -0.3 is 15.2 Å². The lowest BCUT2D eigenvalue weighted by Crippen LogP contribution is -2.50. The molecule has 0 bridgehead atoms. The van der Waals surface area contributed by atoms with Crippen LogP contribution in [0.1, 0.15) is 31.7 Å². The minimum Gasteiger partial charge on any atom is -0.361 e. The summed E-state index contributed by atoms with van der Waals surface area (Å²) in [5.41, 5.74) is 2.11. The molecule has 23 heavy (non-hydrogen) atoms. The molecular formula is C18H23N3O2. The van der Waals surface area contributed by atoms with E-state index in [0.29, 0.717) is 6.42 Å². The Morgan fingerprint density at radius 2 is 1.96 bits per heavy atom. The summed E-state index contributed by atoms with van der Waals surface area (Å²) < 4.78 is 0. The van der Waals surface area contributed by atoms with Crippen LogP contribution >= 0.6 is 0 Å². The van der Waals surface area contributed by atoms with Gasteiger partial charge in [0.1, 0.15) is 6.04 Å². The number of nitrogens with one attached hydrogen (secondary N) is 2.